The minimum atomic E-state index is -2.09. The molecular weight excluding hydrogens is 331 g/mol. The molecule has 1 aliphatic rings. The Morgan fingerprint density at radius 3 is 2.76 bits per heavy atom. The van der Waals surface area contributed by atoms with E-state index in [2.05, 4.69) is 21.9 Å². The van der Waals surface area contributed by atoms with Crippen molar-refractivity contribution in [3.8, 4) is 11.9 Å². The largest absolute Gasteiger partial charge is 0.456 e. The molecule has 25 heavy (non-hydrogen) atoms. The van der Waals surface area contributed by atoms with Crippen molar-refractivity contribution in [2.75, 3.05) is 18.2 Å². The van der Waals surface area contributed by atoms with E-state index in [0.717, 1.165) is 25.7 Å². The van der Waals surface area contributed by atoms with Gasteiger partial charge in [0.1, 0.15) is 10.9 Å². The zero-order valence-electron chi connectivity index (χ0n) is 14.2. The number of anilines is 1. The van der Waals surface area contributed by atoms with E-state index >= 15 is 0 Å². The zero-order chi connectivity index (χ0) is 18.0. The van der Waals surface area contributed by atoms with E-state index in [0.29, 0.717) is 17.7 Å². The number of halogens is 1. The molecule has 0 radical (unpaired) electrons. The Bertz CT molecular complexity index is 772. The number of aliphatic hydroxyl groups excluding tert-OH is 1. The number of hydrogen-bond acceptors (Lipinski definition) is 8. The Balaban J connectivity index is 2.04. The third-order valence-corrected chi connectivity index (χ3v) is 4.03. The summed E-state index contributed by atoms with van der Waals surface area (Å²) in [5.41, 5.74) is 0.125. The van der Waals surface area contributed by atoms with E-state index in [4.69, 9.17) is 19.7 Å². The first kappa shape index (κ1) is 17.6. The van der Waals surface area contributed by atoms with Gasteiger partial charge in [-0.2, -0.15) is 9.97 Å². The normalized spacial score (nSPS) is 13.4. The first-order valence-electron chi connectivity index (χ1n) is 8.29. The lowest BCUT2D eigenvalue weighted by Crippen LogP contribution is -2.33. The molecular formula is C16H21FN4O4. The van der Waals surface area contributed by atoms with Crippen molar-refractivity contribution in [1.82, 2.24) is 15.0 Å². The van der Waals surface area contributed by atoms with Crippen LogP contribution in [-0.2, 0) is 0 Å². The zero-order valence-corrected chi connectivity index (χ0v) is 14.2. The number of nitrogens with zero attached hydrogens (tertiary/aromatic N) is 4. The van der Waals surface area contributed by atoms with Gasteiger partial charge in [0.25, 0.3) is 0 Å². The monoisotopic (exact) mass is 352 g/mol. The van der Waals surface area contributed by atoms with E-state index in [1.165, 1.54) is 6.92 Å². The standard InChI is InChI=1S/C16H21FN4O4/c1-3-4-5-6-7-21-8-24-14-10-12(11(17)9(2)18-14)19-15(20-13(10)21)25-16(22)23/h16,22-23H,3-8H2,1-2H3. The van der Waals surface area contributed by atoms with Crippen LogP contribution in [-0.4, -0.2) is 44.9 Å². The molecule has 0 aromatic carbocycles. The van der Waals surface area contributed by atoms with Crippen LogP contribution in [0, 0.1) is 12.7 Å². The van der Waals surface area contributed by atoms with Gasteiger partial charge in [0.15, 0.2) is 18.4 Å². The van der Waals surface area contributed by atoms with Gasteiger partial charge in [0.2, 0.25) is 5.88 Å². The molecule has 136 valence electrons. The second-order valence-electron chi connectivity index (χ2n) is 5.91. The molecule has 0 amide bonds. The summed E-state index contributed by atoms with van der Waals surface area (Å²) >= 11 is 0. The number of hydrogen-bond donors (Lipinski definition) is 2. The first-order chi connectivity index (χ1) is 12.0. The third kappa shape index (κ3) is 3.57. The van der Waals surface area contributed by atoms with Crippen LogP contribution in [0.2, 0.25) is 0 Å². The smallest absolute Gasteiger partial charge is 0.323 e. The maximum absolute atomic E-state index is 14.5. The average molecular weight is 352 g/mol. The van der Waals surface area contributed by atoms with Gasteiger partial charge in [-0.15, -0.1) is 0 Å². The SMILES string of the molecule is CCCCCCN1COc2nc(C)c(F)c3nc(OC(O)O)nc1c23. The van der Waals surface area contributed by atoms with Crippen molar-refractivity contribution in [2.24, 2.45) is 0 Å². The van der Waals surface area contributed by atoms with E-state index in [1.54, 1.807) is 0 Å². The van der Waals surface area contributed by atoms with Crippen molar-refractivity contribution >= 4 is 16.7 Å². The van der Waals surface area contributed by atoms with Crippen LogP contribution in [0.4, 0.5) is 10.2 Å². The van der Waals surface area contributed by atoms with Crippen LogP contribution in [0.25, 0.3) is 10.9 Å². The number of aromatic nitrogens is 3. The molecule has 0 saturated heterocycles. The number of unbranched alkanes of at least 4 members (excludes halogenated alkanes) is 3. The second-order valence-corrected chi connectivity index (χ2v) is 5.91. The third-order valence-electron chi connectivity index (χ3n) is 4.03. The molecule has 3 heterocycles. The van der Waals surface area contributed by atoms with Gasteiger partial charge in [0.05, 0.1) is 5.69 Å². The van der Waals surface area contributed by atoms with Crippen molar-refractivity contribution in [3.63, 3.8) is 0 Å². The highest BCUT2D eigenvalue weighted by molar-refractivity contribution is 5.95. The Kier molecular flexibility index (Phi) is 5.14. The van der Waals surface area contributed by atoms with Crippen molar-refractivity contribution in [3.05, 3.63) is 11.5 Å². The van der Waals surface area contributed by atoms with Gasteiger partial charge >= 0.3 is 12.5 Å². The predicted molar refractivity (Wildman–Crippen MR) is 87.9 cm³/mol. The minimum Gasteiger partial charge on any atom is -0.456 e. The summed E-state index contributed by atoms with van der Waals surface area (Å²) in [6.45, 7) is 2.45. The molecule has 0 bridgehead atoms. The fraction of sp³-hybridized carbons (Fsp3) is 0.562. The topological polar surface area (TPSA) is 101 Å². The van der Waals surface area contributed by atoms with Gasteiger partial charge in [-0.25, -0.2) is 9.37 Å². The summed E-state index contributed by atoms with van der Waals surface area (Å²) in [6.07, 6.45) is 4.24. The van der Waals surface area contributed by atoms with Crippen LogP contribution in [0.5, 0.6) is 11.9 Å². The van der Waals surface area contributed by atoms with Crippen LogP contribution < -0.4 is 14.4 Å². The van der Waals surface area contributed by atoms with Crippen molar-refractivity contribution < 1.29 is 24.1 Å². The Hall–Kier alpha value is -2.26. The maximum atomic E-state index is 14.5. The number of rotatable bonds is 7. The summed E-state index contributed by atoms with van der Waals surface area (Å²) in [7, 11) is 0. The Morgan fingerprint density at radius 2 is 2.04 bits per heavy atom. The van der Waals surface area contributed by atoms with Gasteiger partial charge in [-0.1, -0.05) is 26.2 Å². The van der Waals surface area contributed by atoms with Crippen LogP contribution >= 0.6 is 0 Å². The molecule has 2 N–H and O–H groups in total. The molecule has 0 atom stereocenters. The molecule has 2 aromatic rings. The van der Waals surface area contributed by atoms with Gasteiger partial charge in [-0.3, -0.25) is 0 Å². The van der Waals surface area contributed by atoms with E-state index < -0.39 is 12.3 Å². The molecule has 8 nitrogen and oxygen atoms in total. The summed E-state index contributed by atoms with van der Waals surface area (Å²) in [6, 6.07) is -0.312. The van der Waals surface area contributed by atoms with E-state index in [9.17, 15) is 4.39 Å². The highest BCUT2D eigenvalue weighted by Crippen LogP contribution is 2.37. The van der Waals surface area contributed by atoms with Crippen LogP contribution in [0.3, 0.4) is 0 Å². The fourth-order valence-electron chi connectivity index (χ4n) is 2.79. The summed E-state index contributed by atoms with van der Waals surface area (Å²) < 4.78 is 24.9. The first-order valence-corrected chi connectivity index (χ1v) is 8.29. The molecule has 0 aliphatic carbocycles. The lowest BCUT2D eigenvalue weighted by Gasteiger charge is -2.29. The summed E-state index contributed by atoms with van der Waals surface area (Å²) in [4.78, 5) is 14.1. The molecule has 3 rings (SSSR count). The predicted octanol–water partition coefficient (Wildman–Crippen LogP) is 1.86. The molecule has 0 spiro atoms. The highest BCUT2D eigenvalue weighted by atomic mass is 19.1. The Morgan fingerprint density at radius 1 is 1.24 bits per heavy atom. The highest BCUT2D eigenvalue weighted by Gasteiger charge is 2.28. The van der Waals surface area contributed by atoms with Gasteiger partial charge < -0.3 is 24.6 Å². The molecule has 0 saturated carbocycles. The summed E-state index contributed by atoms with van der Waals surface area (Å²) in [5, 5.41) is 18.4. The number of pyridine rings is 1. The van der Waals surface area contributed by atoms with E-state index in [-0.39, 0.29) is 29.8 Å². The second kappa shape index (κ2) is 7.32. The van der Waals surface area contributed by atoms with Crippen molar-refractivity contribution in [2.45, 2.75) is 46.0 Å². The average Bonchev–Trinajstić information content (AvgIpc) is 2.57. The maximum Gasteiger partial charge on any atom is 0.323 e. The van der Waals surface area contributed by atoms with Crippen LogP contribution in [0.15, 0.2) is 0 Å². The van der Waals surface area contributed by atoms with E-state index in [1.807, 2.05) is 4.90 Å². The number of ether oxygens (including phenoxy) is 2. The lowest BCUT2D eigenvalue weighted by atomic mass is 10.2. The van der Waals surface area contributed by atoms with Crippen molar-refractivity contribution in [1.29, 1.82) is 0 Å². The van der Waals surface area contributed by atoms with Gasteiger partial charge in [0, 0.05) is 6.54 Å². The molecule has 2 aromatic heterocycles. The fourth-order valence-corrected chi connectivity index (χ4v) is 2.79. The Labute approximate surface area is 144 Å². The number of aliphatic hydroxyl groups is 2. The quantitative estimate of drug-likeness (QED) is 0.575. The molecule has 9 heteroatoms. The minimum absolute atomic E-state index is 0.0126. The summed E-state index contributed by atoms with van der Waals surface area (Å²) in [5.74, 6) is 0.0747. The molecule has 0 unspecified atom stereocenters. The molecule has 1 aliphatic heterocycles. The molecule has 0 fully saturated rings. The van der Waals surface area contributed by atoms with Gasteiger partial charge in [-0.05, 0) is 13.3 Å². The number of aryl methyl sites for hydroxylation is 1. The lowest BCUT2D eigenvalue weighted by molar-refractivity contribution is -0.183. The van der Waals surface area contributed by atoms with Crippen LogP contribution in [0.1, 0.15) is 38.3 Å².